The van der Waals surface area contributed by atoms with Crippen LogP contribution in [0.15, 0.2) is 30.3 Å². The molecule has 2 N–H and O–H groups in total. The molecule has 1 aliphatic rings. The van der Waals surface area contributed by atoms with E-state index in [4.69, 9.17) is 5.73 Å². The van der Waals surface area contributed by atoms with Crippen LogP contribution in [0.25, 0.3) is 0 Å². The van der Waals surface area contributed by atoms with Crippen molar-refractivity contribution in [3.8, 4) is 0 Å². The molecule has 0 aliphatic carbocycles. The van der Waals surface area contributed by atoms with Gasteiger partial charge < -0.3 is 5.73 Å². The molecule has 0 radical (unpaired) electrons. The van der Waals surface area contributed by atoms with E-state index in [1.54, 1.807) is 0 Å². The summed E-state index contributed by atoms with van der Waals surface area (Å²) in [5.74, 6) is 0.261. The highest BCUT2D eigenvalue weighted by atomic mass is 19.1. The highest BCUT2D eigenvalue weighted by Crippen LogP contribution is 2.29. The highest BCUT2D eigenvalue weighted by molar-refractivity contribution is 5.24. The zero-order valence-electron chi connectivity index (χ0n) is 8.94. The molecule has 0 bridgehead atoms. The van der Waals surface area contributed by atoms with Gasteiger partial charge in [-0.2, -0.15) is 0 Å². The number of benzene rings is 1. The fraction of sp³-hybridized carbons (Fsp3) is 0.500. The van der Waals surface area contributed by atoms with E-state index in [0.717, 1.165) is 6.54 Å². The summed E-state index contributed by atoms with van der Waals surface area (Å²) in [5, 5.41) is 0. The number of nitrogens with zero attached hydrogens (tertiary/aromatic N) is 1. The third-order valence-corrected chi connectivity index (χ3v) is 3.35. The molecular weight excluding hydrogens is 191 g/mol. The van der Waals surface area contributed by atoms with Crippen LogP contribution >= 0.6 is 0 Å². The maximum absolute atomic E-state index is 12.8. The molecule has 1 saturated heterocycles. The van der Waals surface area contributed by atoms with Crippen LogP contribution in [0.2, 0.25) is 0 Å². The predicted molar refractivity (Wildman–Crippen MR) is 59.6 cm³/mol. The Kier molecular flexibility index (Phi) is 3.03. The molecule has 1 fully saturated rings. The van der Waals surface area contributed by atoms with E-state index in [1.807, 2.05) is 30.1 Å². The summed E-state index contributed by atoms with van der Waals surface area (Å²) in [4.78, 5) is 2.02. The van der Waals surface area contributed by atoms with Gasteiger partial charge in [-0.1, -0.05) is 30.3 Å². The van der Waals surface area contributed by atoms with Crippen LogP contribution in [0.4, 0.5) is 4.39 Å². The minimum atomic E-state index is -0.360. The molecule has 1 aromatic rings. The van der Waals surface area contributed by atoms with E-state index in [1.165, 1.54) is 5.56 Å². The Morgan fingerprint density at radius 1 is 1.40 bits per heavy atom. The lowest BCUT2D eigenvalue weighted by molar-refractivity contribution is 0.243. The number of halogens is 1. The molecule has 0 saturated carbocycles. The second-order valence-corrected chi connectivity index (χ2v) is 4.26. The Hall–Kier alpha value is -0.930. The smallest absolute Gasteiger partial charge is 0.106 e. The van der Waals surface area contributed by atoms with Crippen molar-refractivity contribution in [1.29, 1.82) is 0 Å². The van der Waals surface area contributed by atoms with Gasteiger partial charge in [-0.15, -0.1) is 0 Å². The maximum atomic E-state index is 12.8. The largest absolute Gasteiger partial charge is 0.326 e. The molecule has 0 spiro atoms. The summed E-state index contributed by atoms with van der Waals surface area (Å²) in [6, 6.07) is 9.91. The van der Waals surface area contributed by atoms with Crippen LogP contribution in [0, 0.1) is 0 Å². The summed E-state index contributed by atoms with van der Waals surface area (Å²) in [6.45, 7) is 0.487. The molecule has 2 nitrogen and oxygen atoms in total. The molecule has 3 atom stereocenters. The lowest BCUT2D eigenvalue weighted by atomic mass is 9.92. The average molecular weight is 208 g/mol. The van der Waals surface area contributed by atoms with Crippen LogP contribution in [-0.2, 0) is 0 Å². The van der Waals surface area contributed by atoms with Gasteiger partial charge in [0, 0.05) is 18.5 Å². The minimum Gasteiger partial charge on any atom is -0.326 e. The van der Waals surface area contributed by atoms with Gasteiger partial charge in [0.05, 0.1) is 6.04 Å². The third kappa shape index (κ3) is 1.90. The summed E-state index contributed by atoms with van der Waals surface area (Å²) >= 11 is 0. The molecule has 15 heavy (non-hydrogen) atoms. The van der Waals surface area contributed by atoms with Gasteiger partial charge in [-0.05, 0) is 12.6 Å². The van der Waals surface area contributed by atoms with Gasteiger partial charge in [0.15, 0.2) is 0 Å². The number of alkyl halides is 1. The number of likely N-dealkylation sites (N-methyl/N-ethyl adjacent to an activating group) is 1. The van der Waals surface area contributed by atoms with E-state index < -0.39 is 0 Å². The molecular formula is C12H17FN2. The number of hydrogen-bond acceptors (Lipinski definition) is 2. The Morgan fingerprint density at radius 2 is 2.07 bits per heavy atom. The van der Waals surface area contributed by atoms with Crippen molar-refractivity contribution in [1.82, 2.24) is 4.90 Å². The Labute approximate surface area is 89.9 Å². The summed E-state index contributed by atoms with van der Waals surface area (Å²) in [7, 11) is 1.94. The summed E-state index contributed by atoms with van der Waals surface area (Å²) in [6.07, 6.45) is 0. The van der Waals surface area contributed by atoms with Crippen LogP contribution in [0.1, 0.15) is 11.5 Å². The SMILES string of the molecule is CN1C[C@@H](c2ccccc2)[C@H](N)[C@H]1CF. The van der Waals surface area contributed by atoms with Gasteiger partial charge >= 0.3 is 0 Å². The molecule has 0 aromatic heterocycles. The molecule has 1 aliphatic heterocycles. The van der Waals surface area contributed by atoms with Crippen molar-refractivity contribution in [2.45, 2.75) is 18.0 Å². The first kappa shape index (κ1) is 10.6. The van der Waals surface area contributed by atoms with Crippen molar-refractivity contribution >= 4 is 0 Å². The Balaban J connectivity index is 2.19. The number of hydrogen-bond donors (Lipinski definition) is 1. The Morgan fingerprint density at radius 3 is 2.60 bits per heavy atom. The normalized spacial score (nSPS) is 32.1. The number of likely N-dealkylation sites (tertiary alicyclic amines) is 1. The van der Waals surface area contributed by atoms with Gasteiger partial charge in [0.1, 0.15) is 6.67 Å². The van der Waals surface area contributed by atoms with E-state index in [-0.39, 0.29) is 24.7 Å². The van der Waals surface area contributed by atoms with Crippen molar-refractivity contribution in [3.05, 3.63) is 35.9 Å². The molecule has 1 heterocycles. The van der Waals surface area contributed by atoms with E-state index in [2.05, 4.69) is 12.1 Å². The number of rotatable bonds is 2. The molecule has 1 aromatic carbocycles. The lowest BCUT2D eigenvalue weighted by Gasteiger charge is -2.19. The summed E-state index contributed by atoms with van der Waals surface area (Å²) < 4.78 is 12.8. The topological polar surface area (TPSA) is 29.3 Å². The number of nitrogens with two attached hydrogens (primary N) is 1. The lowest BCUT2D eigenvalue weighted by Crippen LogP contribution is -2.40. The third-order valence-electron chi connectivity index (χ3n) is 3.35. The molecule has 3 heteroatoms. The second-order valence-electron chi connectivity index (χ2n) is 4.26. The monoisotopic (exact) mass is 208 g/mol. The van der Waals surface area contributed by atoms with Gasteiger partial charge in [0.2, 0.25) is 0 Å². The molecule has 82 valence electrons. The maximum Gasteiger partial charge on any atom is 0.106 e. The fourth-order valence-electron chi connectivity index (χ4n) is 2.38. The van der Waals surface area contributed by atoms with Crippen LogP contribution in [0.3, 0.4) is 0 Å². The van der Waals surface area contributed by atoms with Crippen molar-refractivity contribution in [2.24, 2.45) is 5.73 Å². The first-order chi connectivity index (χ1) is 7.24. The molecule has 0 unspecified atom stereocenters. The van der Waals surface area contributed by atoms with Crippen LogP contribution < -0.4 is 5.73 Å². The van der Waals surface area contributed by atoms with Crippen molar-refractivity contribution in [3.63, 3.8) is 0 Å². The van der Waals surface area contributed by atoms with Gasteiger partial charge in [-0.25, -0.2) is 4.39 Å². The fourth-order valence-corrected chi connectivity index (χ4v) is 2.38. The van der Waals surface area contributed by atoms with E-state index in [9.17, 15) is 4.39 Å². The molecule has 0 amide bonds. The van der Waals surface area contributed by atoms with Crippen molar-refractivity contribution < 1.29 is 4.39 Å². The standard InChI is InChI=1S/C12H17FN2/c1-15-8-10(12(14)11(15)7-13)9-5-3-2-4-6-9/h2-6,10-12H,7-8,14H2,1H3/t10-,11+,12-/m0/s1. The van der Waals surface area contributed by atoms with Crippen molar-refractivity contribution in [2.75, 3.05) is 20.3 Å². The molecule has 2 rings (SSSR count). The minimum absolute atomic E-state index is 0.0950. The first-order valence-electron chi connectivity index (χ1n) is 5.30. The Bertz CT molecular complexity index is 315. The van der Waals surface area contributed by atoms with E-state index >= 15 is 0 Å². The zero-order chi connectivity index (χ0) is 10.8. The zero-order valence-corrected chi connectivity index (χ0v) is 8.94. The predicted octanol–water partition coefficient (Wildman–Crippen LogP) is 1.38. The average Bonchev–Trinajstić information content (AvgIpc) is 2.55. The quantitative estimate of drug-likeness (QED) is 0.795. The van der Waals surface area contributed by atoms with E-state index in [0.29, 0.717) is 0 Å². The highest BCUT2D eigenvalue weighted by Gasteiger charge is 2.37. The van der Waals surface area contributed by atoms with Crippen LogP contribution in [-0.4, -0.2) is 37.3 Å². The van der Waals surface area contributed by atoms with Gasteiger partial charge in [-0.3, -0.25) is 4.90 Å². The van der Waals surface area contributed by atoms with Crippen LogP contribution in [0.5, 0.6) is 0 Å². The van der Waals surface area contributed by atoms with Gasteiger partial charge in [0.25, 0.3) is 0 Å². The summed E-state index contributed by atoms with van der Waals surface area (Å²) in [5.41, 5.74) is 7.29. The second kappa shape index (κ2) is 4.29. The first-order valence-corrected chi connectivity index (χ1v) is 5.30.